The molecule has 1 N–H and O–H groups in total. The van der Waals surface area contributed by atoms with Gasteiger partial charge in [0.2, 0.25) is 0 Å². The van der Waals surface area contributed by atoms with Crippen molar-refractivity contribution in [1.82, 2.24) is 14.7 Å². The molecule has 2 unspecified atom stereocenters. The second-order valence-electron chi connectivity index (χ2n) is 10.6. The first-order valence-electron chi connectivity index (χ1n) is 13.1. The lowest BCUT2D eigenvalue weighted by Crippen LogP contribution is -2.47. The summed E-state index contributed by atoms with van der Waals surface area (Å²) in [5, 5.41) is 15.6. The third kappa shape index (κ3) is 5.76. The van der Waals surface area contributed by atoms with Crippen molar-refractivity contribution in [3.63, 3.8) is 0 Å². The number of sulfone groups is 1. The number of benzene rings is 2. The number of aliphatic hydroxyl groups is 1. The molecule has 1 fully saturated rings. The standard InChI is InChI=1S/C28H40N4O3S/c1-6-23-8-11-25(12-9-23)30(17-20(2)3)19-36(34,35)27-13-14-28-24(15-27)16-29-32(28)26-10-7-21(4)31(18-26)22(5)33/h8-9,11-16,20-22,26,33H,6-7,10,17-19H2,1-5H3/t21-,22?,26?/m0/s1. The lowest BCUT2D eigenvalue weighted by atomic mass is 9.99. The summed E-state index contributed by atoms with van der Waals surface area (Å²) < 4.78 is 29.0. The zero-order chi connectivity index (χ0) is 26.0. The van der Waals surface area contributed by atoms with Crippen LogP contribution in [0.5, 0.6) is 0 Å². The first-order valence-corrected chi connectivity index (χ1v) is 14.7. The van der Waals surface area contributed by atoms with Gasteiger partial charge in [0, 0.05) is 30.2 Å². The molecule has 7 nitrogen and oxygen atoms in total. The van der Waals surface area contributed by atoms with E-state index >= 15 is 0 Å². The van der Waals surface area contributed by atoms with Crippen LogP contribution in [0.25, 0.3) is 10.9 Å². The van der Waals surface area contributed by atoms with E-state index < -0.39 is 16.1 Å². The Labute approximate surface area is 215 Å². The average Bonchev–Trinajstić information content (AvgIpc) is 3.27. The van der Waals surface area contributed by atoms with Crippen LogP contribution >= 0.6 is 0 Å². The Hall–Kier alpha value is -2.42. The molecule has 1 aliphatic rings. The van der Waals surface area contributed by atoms with Crippen molar-refractivity contribution < 1.29 is 13.5 Å². The van der Waals surface area contributed by atoms with E-state index in [0.29, 0.717) is 23.4 Å². The van der Waals surface area contributed by atoms with E-state index in [9.17, 15) is 13.5 Å². The molecule has 3 atom stereocenters. The van der Waals surface area contributed by atoms with Gasteiger partial charge in [0.05, 0.1) is 22.7 Å². The van der Waals surface area contributed by atoms with Gasteiger partial charge in [-0.25, -0.2) is 8.42 Å². The van der Waals surface area contributed by atoms with Gasteiger partial charge in [-0.3, -0.25) is 9.58 Å². The fourth-order valence-corrected chi connectivity index (χ4v) is 6.64. The van der Waals surface area contributed by atoms with Gasteiger partial charge >= 0.3 is 0 Å². The van der Waals surface area contributed by atoms with Crippen LogP contribution in [0.4, 0.5) is 5.69 Å². The van der Waals surface area contributed by atoms with E-state index in [4.69, 9.17) is 0 Å². The second-order valence-corrected chi connectivity index (χ2v) is 12.6. The van der Waals surface area contributed by atoms with E-state index in [-0.39, 0.29) is 11.9 Å². The number of nitrogens with zero attached hydrogens (tertiary/aromatic N) is 4. The van der Waals surface area contributed by atoms with Gasteiger partial charge in [-0.05, 0) is 74.9 Å². The number of fused-ring (bicyclic) bond motifs is 1. The van der Waals surface area contributed by atoms with E-state index in [1.54, 1.807) is 25.3 Å². The van der Waals surface area contributed by atoms with E-state index in [2.05, 4.69) is 49.8 Å². The largest absolute Gasteiger partial charge is 0.379 e. The van der Waals surface area contributed by atoms with Crippen LogP contribution < -0.4 is 4.90 Å². The molecule has 2 aromatic carbocycles. The highest BCUT2D eigenvalue weighted by molar-refractivity contribution is 7.91. The summed E-state index contributed by atoms with van der Waals surface area (Å²) in [6.07, 6.45) is 4.16. The van der Waals surface area contributed by atoms with Crippen molar-refractivity contribution in [2.75, 3.05) is 23.9 Å². The summed E-state index contributed by atoms with van der Waals surface area (Å²) in [5.41, 5.74) is 3.08. The van der Waals surface area contributed by atoms with Gasteiger partial charge in [0.1, 0.15) is 12.1 Å². The summed E-state index contributed by atoms with van der Waals surface area (Å²) in [4.78, 5) is 4.37. The minimum Gasteiger partial charge on any atom is -0.379 e. The van der Waals surface area contributed by atoms with E-state index in [1.807, 2.05) is 27.8 Å². The van der Waals surface area contributed by atoms with Crippen LogP contribution in [0.15, 0.2) is 53.6 Å². The fraction of sp³-hybridized carbons (Fsp3) is 0.536. The molecule has 0 amide bonds. The number of hydrogen-bond acceptors (Lipinski definition) is 6. The summed E-state index contributed by atoms with van der Waals surface area (Å²) in [6, 6.07) is 14.0. The SMILES string of the molecule is CCc1ccc(N(CC(C)C)CS(=O)(=O)c2ccc3c(cnn3C3CC[C@H](C)N(C(C)O)C3)c2)cc1. The third-order valence-electron chi connectivity index (χ3n) is 7.28. The molecule has 1 aromatic heterocycles. The van der Waals surface area contributed by atoms with Crippen LogP contribution in [0, 0.1) is 5.92 Å². The molecule has 0 saturated carbocycles. The zero-order valence-corrected chi connectivity index (χ0v) is 22.9. The minimum absolute atomic E-state index is 0.0693. The monoisotopic (exact) mass is 512 g/mol. The number of rotatable bonds is 9. The molecule has 1 saturated heterocycles. The van der Waals surface area contributed by atoms with Crippen molar-refractivity contribution in [1.29, 1.82) is 0 Å². The molecule has 36 heavy (non-hydrogen) atoms. The van der Waals surface area contributed by atoms with E-state index in [0.717, 1.165) is 42.4 Å². The molecule has 2 heterocycles. The highest BCUT2D eigenvalue weighted by atomic mass is 32.2. The van der Waals surface area contributed by atoms with Crippen LogP contribution in [0.1, 0.15) is 59.1 Å². The summed E-state index contributed by atoms with van der Waals surface area (Å²) in [5.74, 6) is 0.256. The fourth-order valence-electron chi connectivity index (χ4n) is 5.25. The Morgan fingerprint density at radius 2 is 1.83 bits per heavy atom. The lowest BCUT2D eigenvalue weighted by molar-refractivity contribution is -0.0364. The van der Waals surface area contributed by atoms with Crippen LogP contribution in [0.3, 0.4) is 0 Å². The molecular weight excluding hydrogens is 472 g/mol. The smallest absolute Gasteiger partial charge is 0.196 e. The highest BCUT2D eigenvalue weighted by Crippen LogP contribution is 2.30. The predicted molar refractivity (Wildman–Crippen MR) is 146 cm³/mol. The highest BCUT2D eigenvalue weighted by Gasteiger charge is 2.30. The number of aliphatic hydroxyl groups excluding tert-OH is 1. The first-order chi connectivity index (χ1) is 17.1. The van der Waals surface area contributed by atoms with Gasteiger partial charge in [0.25, 0.3) is 0 Å². The molecule has 0 radical (unpaired) electrons. The van der Waals surface area contributed by atoms with Gasteiger partial charge in [-0.15, -0.1) is 0 Å². The number of piperidine rings is 1. The maximum absolute atomic E-state index is 13.5. The van der Waals surface area contributed by atoms with Crippen molar-refractivity contribution in [3.8, 4) is 0 Å². The second kappa shape index (κ2) is 10.9. The van der Waals surface area contributed by atoms with Crippen molar-refractivity contribution >= 4 is 26.4 Å². The summed E-state index contributed by atoms with van der Waals surface area (Å²) in [6.45, 7) is 11.6. The van der Waals surface area contributed by atoms with Crippen molar-refractivity contribution in [2.24, 2.45) is 5.92 Å². The number of aryl methyl sites for hydroxylation is 1. The molecule has 0 bridgehead atoms. The Kier molecular flexibility index (Phi) is 8.07. The summed E-state index contributed by atoms with van der Waals surface area (Å²) in [7, 11) is -3.56. The number of anilines is 1. The quantitative estimate of drug-likeness (QED) is 0.441. The molecular formula is C28H40N4O3S. The maximum atomic E-state index is 13.5. The Morgan fingerprint density at radius 3 is 2.47 bits per heavy atom. The van der Waals surface area contributed by atoms with Gasteiger partial charge < -0.3 is 10.0 Å². The topological polar surface area (TPSA) is 78.7 Å². The minimum atomic E-state index is -3.56. The number of hydrogen-bond donors (Lipinski definition) is 1. The van der Waals surface area contributed by atoms with Gasteiger partial charge in [-0.1, -0.05) is 32.9 Å². The first kappa shape index (κ1) is 26.6. The van der Waals surface area contributed by atoms with Crippen LogP contribution in [0.2, 0.25) is 0 Å². The molecule has 8 heteroatoms. The van der Waals surface area contributed by atoms with Crippen LogP contribution in [-0.2, 0) is 16.3 Å². The maximum Gasteiger partial charge on any atom is 0.196 e. The average molecular weight is 513 g/mol. The predicted octanol–water partition coefficient (Wildman–Crippen LogP) is 4.86. The normalized spacial score (nSPS) is 20.2. The molecule has 4 rings (SSSR count). The third-order valence-corrected chi connectivity index (χ3v) is 8.90. The Morgan fingerprint density at radius 1 is 1.11 bits per heavy atom. The molecule has 3 aromatic rings. The van der Waals surface area contributed by atoms with E-state index in [1.165, 1.54) is 5.56 Å². The van der Waals surface area contributed by atoms with Gasteiger partial charge in [-0.2, -0.15) is 5.10 Å². The van der Waals surface area contributed by atoms with Crippen molar-refractivity contribution in [2.45, 2.75) is 77.1 Å². The Bertz CT molecular complexity index is 1270. The van der Waals surface area contributed by atoms with Crippen LogP contribution in [-0.4, -0.2) is 59.4 Å². The number of aromatic nitrogens is 2. The zero-order valence-electron chi connectivity index (χ0n) is 22.1. The molecule has 0 aliphatic carbocycles. The molecule has 0 spiro atoms. The molecule has 1 aliphatic heterocycles. The van der Waals surface area contributed by atoms with Gasteiger partial charge in [0.15, 0.2) is 9.84 Å². The Balaban J connectivity index is 1.58. The van der Waals surface area contributed by atoms with Crippen molar-refractivity contribution in [3.05, 3.63) is 54.2 Å². The lowest BCUT2D eigenvalue weighted by Gasteiger charge is -2.39. The number of likely N-dealkylation sites (tertiary alicyclic amines) is 1. The summed E-state index contributed by atoms with van der Waals surface area (Å²) >= 11 is 0. The molecule has 196 valence electrons.